The number of nitrogens with zero attached hydrogens (tertiary/aromatic N) is 2. The minimum atomic E-state index is 0.427. The number of H-pyrrole nitrogens is 1. The van der Waals surface area contributed by atoms with E-state index in [1.807, 2.05) is 0 Å². The molecule has 0 fully saturated rings. The highest BCUT2D eigenvalue weighted by molar-refractivity contribution is 7.11. The maximum atomic E-state index is 5.64. The van der Waals surface area contributed by atoms with Gasteiger partial charge in [-0.1, -0.05) is 0 Å². The fraction of sp³-hybridized carbons (Fsp3) is 0.333. The monoisotopic (exact) mass is 239 g/mol. The molecule has 2 aromatic heterocycles. The van der Waals surface area contributed by atoms with Crippen LogP contribution in [0.1, 0.15) is 5.69 Å². The summed E-state index contributed by atoms with van der Waals surface area (Å²) >= 11 is 1.30. The van der Waals surface area contributed by atoms with Crippen LogP contribution in [0.15, 0.2) is 12.5 Å². The third-order valence-electron chi connectivity index (χ3n) is 2.11. The molecule has 0 atom stereocenters. The van der Waals surface area contributed by atoms with E-state index in [2.05, 4.69) is 19.7 Å². The summed E-state index contributed by atoms with van der Waals surface area (Å²) in [7, 11) is 1.58. The molecular formula is C9H13N5OS. The quantitative estimate of drug-likeness (QED) is 0.727. The van der Waals surface area contributed by atoms with Gasteiger partial charge in [-0.15, -0.1) is 0 Å². The van der Waals surface area contributed by atoms with Crippen LogP contribution in [0.5, 0.6) is 5.75 Å². The Hall–Kier alpha value is -1.76. The molecule has 0 bridgehead atoms. The van der Waals surface area contributed by atoms with E-state index < -0.39 is 0 Å². The Labute approximate surface area is 97.0 Å². The van der Waals surface area contributed by atoms with Gasteiger partial charge >= 0.3 is 0 Å². The molecule has 0 saturated carbocycles. The summed E-state index contributed by atoms with van der Waals surface area (Å²) in [6, 6.07) is 0. The van der Waals surface area contributed by atoms with Crippen molar-refractivity contribution in [3.05, 3.63) is 18.2 Å². The van der Waals surface area contributed by atoms with E-state index >= 15 is 0 Å². The first-order valence-electron chi connectivity index (χ1n) is 4.81. The fourth-order valence-electron chi connectivity index (χ4n) is 1.34. The lowest BCUT2D eigenvalue weighted by Crippen LogP contribution is -2.04. The van der Waals surface area contributed by atoms with Gasteiger partial charge in [0.25, 0.3) is 0 Å². The van der Waals surface area contributed by atoms with Gasteiger partial charge in [0.05, 0.1) is 13.4 Å². The molecule has 0 aliphatic carbocycles. The minimum Gasteiger partial charge on any atom is -0.490 e. The van der Waals surface area contributed by atoms with Gasteiger partial charge in [0.2, 0.25) is 0 Å². The van der Waals surface area contributed by atoms with Gasteiger partial charge in [-0.2, -0.15) is 4.37 Å². The zero-order valence-electron chi connectivity index (χ0n) is 8.86. The number of aromatic amines is 1. The molecule has 2 rings (SSSR count). The molecule has 2 aromatic rings. The molecule has 0 aromatic carbocycles. The Morgan fingerprint density at radius 2 is 2.50 bits per heavy atom. The van der Waals surface area contributed by atoms with E-state index in [-0.39, 0.29) is 0 Å². The summed E-state index contributed by atoms with van der Waals surface area (Å²) in [6.07, 6.45) is 4.33. The third kappa shape index (κ3) is 2.25. The molecule has 0 aliphatic heterocycles. The number of rotatable bonds is 5. The number of ether oxygens (including phenoxy) is 1. The standard InChI is InChI=1S/C9H13N5OS/c1-15-7-8(10)14-16-9(7)12-3-2-6-4-11-5-13-6/h4-5,12H,2-3H2,1H3,(H2,10,14)(H,11,13). The van der Waals surface area contributed by atoms with Crippen molar-refractivity contribution in [2.75, 3.05) is 24.7 Å². The SMILES string of the molecule is COc1c(N)nsc1NCCc1cnc[nH]1. The first-order valence-corrected chi connectivity index (χ1v) is 5.59. The highest BCUT2D eigenvalue weighted by Gasteiger charge is 2.10. The molecule has 0 aliphatic rings. The normalized spacial score (nSPS) is 10.3. The van der Waals surface area contributed by atoms with Crippen molar-refractivity contribution in [1.82, 2.24) is 14.3 Å². The molecule has 6 nitrogen and oxygen atoms in total. The topological polar surface area (TPSA) is 88.8 Å². The number of methoxy groups -OCH3 is 1. The van der Waals surface area contributed by atoms with Crippen molar-refractivity contribution in [3.8, 4) is 5.75 Å². The van der Waals surface area contributed by atoms with Crippen LogP contribution in [-0.2, 0) is 6.42 Å². The predicted octanol–water partition coefficient (Wildman–Crippen LogP) is 1.11. The number of anilines is 2. The molecule has 16 heavy (non-hydrogen) atoms. The van der Waals surface area contributed by atoms with E-state index in [0.717, 1.165) is 23.7 Å². The summed E-state index contributed by atoms with van der Waals surface area (Å²) in [5.41, 5.74) is 6.72. The summed E-state index contributed by atoms with van der Waals surface area (Å²) in [5.74, 6) is 1.05. The second-order valence-electron chi connectivity index (χ2n) is 3.18. The zero-order valence-corrected chi connectivity index (χ0v) is 9.67. The average molecular weight is 239 g/mol. The van der Waals surface area contributed by atoms with Crippen LogP contribution in [0.4, 0.5) is 10.8 Å². The molecule has 0 unspecified atom stereocenters. The van der Waals surface area contributed by atoms with Crippen molar-refractivity contribution in [2.45, 2.75) is 6.42 Å². The Morgan fingerprint density at radius 1 is 1.62 bits per heavy atom. The minimum absolute atomic E-state index is 0.427. The predicted molar refractivity (Wildman–Crippen MR) is 63.9 cm³/mol. The lowest BCUT2D eigenvalue weighted by Gasteiger charge is -2.04. The van der Waals surface area contributed by atoms with Gasteiger partial charge in [0.1, 0.15) is 0 Å². The highest BCUT2D eigenvalue weighted by atomic mass is 32.1. The van der Waals surface area contributed by atoms with Crippen LogP contribution in [0.2, 0.25) is 0 Å². The Morgan fingerprint density at radius 3 is 3.19 bits per heavy atom. The maximum absolute atomic E-state index is 5.64. The number of nitrogen functional groups attached to an aromatic ring is 1. The number of nitrogens with two attached hydrogens (primary N) is 1. The van der Waals surface area contributed by atoms with Gasteiger partial charge in [-0.05, 0) is 11.5 Å². The van der Waals surface area contributed by atoms with Gasteiger partial charge in [-0.25, -0.2) is 4.98 Å². The lowest BCUT2D eigenvalue weighted by atomic mass is 10.3. The summed E-state index contributed by atoms with van der Waals surface area (Å²) in [6.45, 7) is 0.778. The van der Waals surface area contributed by atoms with E-state index in [0.29, 0.717) is 11.6 Å². The smallest absolute Gasteiger partial charge is 0.197 e. The summed E-state index contributed by atoms with van der Waals surface area (Å²) in [5, 5.41) is 4.09. The van der Waals surface area contributed by atoms with Gasteiger partial charge in [-0.3, -0.25) is 0 Å². The van der Waals surface area contributed by atoms with E-state index in [1.54, 1.807) is 19.6 Å². The lowest BCUT2D eigenvalue weighted by molar-refractivity contribution is 0.419. The third-order valence-corrected chi connectivity index (χ3v) is 2.91. The fourth-order valence-corrected chi connectivity index (χ4v) is 2.05. The van der Waals surface area contributed by atoms with Crippen LogP contribution in [0.3, 0.4) is 0 Å². The highest BCUT2D eigenvalue weighted by Crippen LogP contribution is 2.34. The van der Waals surface area contributed by atoms with Crippen molar-refractivity contribution < 1.29 is 4.74 Å². The molecule has 0 saturated heterocycles. The van der Waals surface area contributed by atoms with Crippen LogP contribution in [-0.4, -0.2) is 28.0 Å². The Kier molecular flexibility index (Phi) is 3.25. The van der Waals surface area contributed by atoms with Crippen LogP contribution in [0, 0.1) is 0 Å². The molecule has 0 spiro atoms. The Bertz CT molecular complexity index is 439. The number of hydrogen-bond donors (Lipinski definition) is 3. The summed E-state index contributed by atoms with van der Waals surface area (Å²) in [4.78, 5) is 6.99. The van der Waals surface area contributed by atoms with Gasteiger partial charge in [0.15, 0.2) is 16.6 Å². The van der Waals surface area contributed by atoms with E-state index in [1.165, 1.54) is 11.5 Å². The zero-order chi connectivity index (χ0) is 11.4. The van der Waals surface area contributed by atoms with Crippen molar-refractivity contribution in [1.29, 1.82) is 0 Å². The molecule has 2 heterocycles. The second-order valence-corrected chi connectivity index (χ2v) is 3.96. The number of imidazole rings is 1. The van der Waals surface area contributed by atoms with Crippen molar-refractivity contribution >= 4 is 22.4 Å². The molecule has 4 N–H and O–H groups in total. The van der Waals surface area contributed by atoms with Crippen LogP contribution < -0.4 is 15.8 Å². The largest absolute Gasteiger partial charge is 0.490 e. The number of aromatic nitrogens is 3. The van der Waals surface area contributed by atoms with Crippen molar-refractivity contribution in [2.24, 2.45) is 0 Å². The molecule has 86 valence electrons. The average Bonchev–Trinajstić information content (AvgIpc) is 2.89. The first-order chi connectivity index (χ1) is 7.81. The van der Waals surface area contributed by atoms with Gasteiger partial charge < -0.3 is 20.8 Å². The molecular weight excluding hydrogens is 226 g/mol. The number of hydrogen-bond acceptors (Lipinski definition) is 6. The molecule has 0 amide bonds. The van der Waals surface area contributed by atoms with Crippen molar-refractivity contribution in [3.63, 3.8) is 0 Å². The van der Waals surface area contributed by atoms with Crippen LogP contribution >= 0.6 is 11.5 Å². The number of nitrogens with one attached hydrogen (secondary N) is 2. The van der Waals surface area contributed by atoms with Crippen LogP contribution in [0.25, 0.3) is 0 Å². The Balaban J connectivity index is 1.89. The van der Waals surface area contributed by atoms with E-state index in [4.69, 9.17) is 10.5 Å². The van der Waals surface area contributed by atoms with E-state index in [9.17, 15) is 0 Å². The summed E-state index contributed by atoms with van der Waals surface area (Å²) < 4.78 is 9.16. The maximum Gasteiger partial charge on any atom is 0.197 e. The second kappa shape index (κ2) is 4.84. The molecule has 7 heteroatoms. The molecule has 0 radical (unpaired) electrons. The first kappa shape index (κ1) is 10.7. The van der Waals surface area contributed by atoms with Gasteiger partial charge in [0, 0.05) is 24.9 Å².